The number of fused-ring (bicyclic) bond motifs is 2. The Morgan fingerprint density at radius 3 is 1.43 bits per heavy atom. The predicted molar refractivity (Wildman–Crippen MR) is 138 cm³/mol. The van der Waals surface area contributed by atoms with Gasteiger partial charge in [0.05, 0.1) is 24.2 Å². The van der Waals surface area contributed by atoms with E-state index >= 15 is 0 Å². The Bertz CT molecular complexity index is 549. The van der Waals surface area contributed by atoms with Crippen LogP contribution in [0.4, 0.5) is 0 Å². The summed E-state index contributed by atoms with van der Waals surface area (Å²) in [6.45, 7) is 20.6. The fourth-order valence-electron chi connectivity index (χ4n) is 6.77. The summed E-state index contributed by atoms with van der Waals surface area (Å²) in [7, 11) is 5.75. The van der Waals surface area contributed by atoms with Gasteiger partial charge in [0.25, 0.3) is 0 Å². The molecule has 30 heavy (non-hydrogen) atoms. The molecule has 2 aliphatic carbocycles. The molecule has 4 aliphatic rings. The van der Waals surface area contributed by atoms with Crippen LogP contribution in [-0.4, -0.2) is 24.2 Å². The van der Waals surface area contributed by atoms with E-state index in [0.29, 0.717) is 0 Å². The molecule has 0 N–H and O–H groups in total. The van der Waals surface area contributed by atoms with Crippen LogP contribution in [0.25, 0.3) is 0 Å². The van der Waals surface area contributed by atoms with Gasteiger partial charge in [-0.3, -0.25) is 0 Å². The zero-order valence-electron chi connectivity index (χ0n) is 20.2. The Hall–Kier alpha value is 2.11. The van der Waals surface area contributed by atoms with E-state index in [-0.39, 0.29) is 0 Å². The van der Waals surface area contributed by atoms with Crippen LogP contribution < -0.4 is 0 Å². The number of hydrogen-bond acceptors (Lipinski definition) is 0. The van der Waals surface area contributed by atoms with Gasteiger partial charge in [-0.25, -0.2) is 0 Å². The van der Waals surface area contributed by atoms with E-state index in [9.17, 15) is 0 Å². The molecule has 0 nitrogen and oxygen atoms in total. The normalized spacial score (nSPS) is 29.9. The van der Waals surface area contributed by atoms with Gasteiger partial charge in [0.1, 0.15) is 0 Å². The first-order valence-corrected chi connectivity index (χ1v) is 27.2. The average molecular weight is 573 g/mol. The maximum atomic E-state index is 4.93. The van der Waals surface area contributed by atoms with Crippen molar-refractivity contribution < 1.29 is 20.8 Å². The molecule has 2 aliphatic heterocycles. The third-order valence-electron chi connectivity index (χ3n) is 7.93. The van der Waals surface area contributed by atoms with E-state index in [0.717, 1.165) is 0 Å². The molecule has 4 fully saturated rings. The minimum absolute atomic E-state index is 0.826. The summed E-state index contributed by atoms with van der Waals surface area (Å²) in [6.07, 6.45) is 10.8. The number of hydrogen-bond donors (Lipinski definition) is 0. The molecule has 2 saturated carbocycles. The first-order valence-electron chi connectivity index (χ1n) is 11.4. The van der Waals surface area contributed by atoms with E-state index in [1.165, 1.54) is 37.8 Å². The van der Waals surface area contributed by atoms with Gasteiger partial charge in [-0.15, -0.1) is 0 Å². The molecule has 0 atom stereocenters. The Balaban J connectivity index is 0.000000806. The van der Waals surface area contributed by atoms with Crippen molar-refractivity contribution in [2.75, 3.05) is 0 Å². The molecule has 0 aromatic heterocycles. The van der Waals surface area contributed by atoms with E-state index in [2.05, 4.69) is 66.0 Å². The molecular formula is C24H38Cl2Si3Zr+2. The van der Waals surface area contributed by atoms with Crippen molar-refractivity contribution in [2.45, 2.75) is 90.9 Å². The quantitative estimate of drug-likeness (QED) is 0.292. The summed E-state index contributed by atoms with van der Waals surface area (Å²) in [5.74, 6) is 6.88. The van der Waals surface area contributed by atoms with Gasteiger partial charge in [0.2, 0.25) is 0 Å². The second-order valence-corrected chi connectivity index (χ2v) is 29.0. The molecule has 2 saturated heterocycles. The fraction of sp³-hybridized carbons (Fsp3) is 0.583. The van der Waals surface area contributed by atoms with Crippen molar-refractivity contribution in [1.29, 1.82) is 0 Å². The van der Waals surface area contributed by atoms with Gasteiger partial charge in [-0.1, -0.05) is 78.1 Å². The topological polar surface area (TPSA) is 0 Å². The summed E-state index contributed by atoms with van der Waals surface area (Å²) in [5, 5.41) is 0. The van der Waals surface area contributed by atoms with E-state index in [4.69, 9.17) is 17.0 Å². The molecule has 162 valence electrons. The first-order chi connectivity index (χ1) is 13.9. The minimum atomic E-state index is -1.68. The molecule has 0 aromatic rings. The van der Waals surface area contributed by atoms with Crippen molar-refractivity contribution in [1.82, 2.24) is 0 Å². The molecule has 0 bridgehead atoms. The van der Waals surface area contributed by atoms with E-state index in [1.807, 2.05) is 34.0 Å². The standard InChI is InChI=1S/C24H38Si3.2ClH.Zr/c1-17-15-21-19(11-9-13-25(21,3)4)23(17)27(7,8)24-18(2)16-22-20(24)12-10-14-26(22,5)6;;;/h15-16H,9-14H2,1-8H3;2*1H;/q;;;+4/p-2. The molecule has 0 aromatic carbocycles. The summed E-state index contributed by atoms with van der Waals surface area (Å²) in [5.41, 5.74) is 7.29. The third-order valence-corrected chi connectivity index (χ3v) is 18.8. The summed E-state index contributed by atoms with van der Waals surface area (Å²) in [6, 6.07) is 2.96. The van der Waals surface area contributed by atoms with Crippen LogP contribution in [-0.2, 0) is 20.8 Å². The second kappa shape index (κ2) is 10.0. The SMILES string of the molecule is C[C]1[CH][C]2[C](CCC[Si]2(C)C)[C]1[Si](C)(C)[C]1[C](C)[CH][C]2[C]1CCC[Si]2(C)C.[Cl][Zr+2][Cl]. The van der Waals surface area contributed by atoms with Gasteiger partial charge >= 0.3 is 37.9 Å². The zero-order chi connectivity index (χ0) is 22.5. The fourth-order valence-corrected chi connectivity index (χ4v) is 17.4. The Morgan fingerprint density at radius 2 is 1.10 bits per heavy atom. The van der Waals surface area contributed by atoms with Crippen molar-refractivity contribution in [3.63, 3.8) is 0 Å². The van der Waals surface area contributed by atoms with Crippen LogP contribution in [0.15, 0.2) is 0 Å². The van der Waals surface area contributed by atoms with Crippen LogP contribution in [0.5, 0.6) is 0 Å². The van der Waals surface area contributed by atoms with Crippen LogP contribution in [0, 0.1) is 58.7 Å². The van der Waals surface area contributed by atoms with Gasteiger partial charge in [0, 0.05) is 0 Å². The molecule has 6 heteroatoms. The number of rotatable bonds is 2. The van der Waals surface area contributed by atoms with Gasteiger partial charge < -0.3 is 0 Å². The molecule has 0 spiro atoms. The summed E-state index contributed by atoms with van der Waals surface area (Å²) >= 11 is -0.826. The van der Waals surface area contributed by atoms with Gasteiger partial charge in [0.15, 0.2) is 0 Å². The van der Waals surface area contributed by atoms with Crippen LogP contribution >= 0.6 is 17.0 Å². The molecule has 2 heterocycles. The predicted octanol–water partition coefficient (Wildman–Crippen LogP) is 8.30. The van der Waals surface area contributed by atoms with Crippen LogP contribution in [0.3, 0.4) is 0 Å². The molecule has 4 rings (SSSR count). The van der Waals surface area contributed by atoms with E-state index < -0.39 is 45.1 Å². The zero-order valence-corrected chi connectivity index (χ0v) is 27.1. The monoisotopic (exact) mass is 570 g/mol. The maximum absolute atomic E-state index is 4.93. The number of halogens is 2. The van der Waals surface area contributed by atoms with Crippen molar-refractivity contribution >= 4 is 41.2 Å². The molecular weight excluding hydrogens is 535 g/mol. The van der Waals surface area contributed by atoms with Crippen molar-refractivity contribution in [3.05, 3.63) is 58.7 Å². The summed E-state index contributed by atoms with van der Waals surface area (Å²) < 4.78 is 0. The van der Waals surface area contributed by atoms with Crippen LogP contribution in [0.2, 0.25) is 51.4 Å². The third kappa shape index (κ3) is 4.91. The van der Waals surface area contributed by atoms with Crippen molar-refractivity contribution in [3.8, 4) is 0 Å². The molecule has 10 radical (unpaired) electrons. The second-order valence-electron chi connectivity index (χ2n) is 11.4. The van der Waals surface area contributed by atoms with E-state index in [1.54, 1.807) is 11.8 Å². The van der Waals surface area contributed by atoms with Crippen molar-refractivity contribution in [2.24, 2.45) is 0 Å². The Morgan fingerprint density at radius 1 is 0.767 bits per heavy atom. The Labute approximate surface area is 210 Å². The Kier molecular flexibility index (Phi) is 8.91. The summed E-state index contributed by atoms with van der Waals surface area (Å²) in [4.78, 5) is 0. The van der Waals surface area contributed by atoms with Gasteiger partial charge in [-0.2, -0.15) is 0 Å². The van der Waals surface area contributed by atoms with Gasteiger partial charge in [-0.05, 0) is 71.5 Å². The first kappa shape index (κ1) is 26.7. The molecule has 0 amide bonds. The van der Waals surface area contributed by atoms with Crippen LogP contribution in [0.1, 0.15) is 39.5 Å². The average Bonchev–Trinajstić information content (AvgIpc) is 3.14. The molecule has 0 unspecified atom stereocenters.